The average molecular weight is 429 g/mol. The number of nitrogens with one attached hydrogen (secondary N) is 1. The Morgan fingerprint density at radius 3 is 2.45 bits per heavy atom. The van der Waals surface area contributed by atoms with Gasteiger partial charge in [-0.2, -0.15) is 0 Å². The van der Waals surface area contributed by atoms with E-state index in [1.165, 1.54) is 52.9 Å². The Morgan fingerprint density at radius 1 is 1.10 bits per heavy atom. The lowest BCUT2D eigenvalue weighted by Gasteiger charge is -2.08. The van der Waals surface area contributed by atoms with Crippen LogP contribution in [0.5, 0.6) is 0 Å². The number of amides is 1. The number of halogens is 1. The monoisotopic (exact) mass is 428 g/mol. The smallest absolute Gasteiger partial charge is 0.230 e. The van der Waals surface area contributed by atoms with Crippen LogP contribution in [0.3, 0.4) is 0 Å². The molecule has 2 aromatic carbocycles. The molecule has 1 amide bonds. The second-order valence-electron chi connectivity index (χ2n) is 6.83. The average Bonchev–Trinajstić information content (AvgIpc) is 3.14. The van der Waals surface area contributed by atoms with Crippen molar-refractivity contribution in [3.63, 3.8) is 0 Å². The van der Waals surface area contributed by atoms with Crippen LogP contribution in [0.2, 0.25) is 0 Å². The summed E-state index contributed by atoms with van der Waals surface area (Å²) in [6, 6.07) is 13.3. The Kier molecular flexibility index (Phi) is 7.17. The number of benzene rings is 2. The van der Waals surface area contributed by atoms with Crippen LogP contribution in [0.4, 0.5) is 10.1 Å². The number of aromatic nitrogens is 1. The van der Waals surface area contributed by atoms with Crippen molar-refractivity contribution in [2.75, 3.05) is 11.1 Å². The van der Waals surface area contributed by atoms with Crippen LogP contribution in [0.25, 0.3) is 0 Å². The molecule has 150 valence electrons. The number of hydrogen-bond acceptors (Lipinski definition) is 5. The molecular formula is C22H21FN2O2S2. The number of carbonyl (C=O) groups is 2. The van der Waals surface area contributed by atoms with E-state index in [9.17, 15) is 14.0 Å². The standard InChI is InChI=1S/C22H21FN2O2S2/c1-14(2)15-5-9-18(10-6-15)24-21(27)11-19-12-28-22(25-19)29-13-20(26)16-3-7-17(23)8-4-16/h3-10,12,14H,11,13H2,1-2H3,(H,24,27). The number of hydrogen-bond donors (Lipinski definition) is 1. The van der Waals surface area contributed by atoms with Gasteiger partial charge in [0.2, 0.25) is 5.91 Å². The maximum atomic E-state index is 12.9. The molecule has 0 bridgehead atoms. The van der Waals surface area contributed by atoms with Gasteiger partial charge in [-0.25, -0.2) is 9.37 Å². The number of thiazole rings is 1. The number of anilines is 1. The normalized spacial score (nSPS) is 10.9. The van der Waals surface area contributed by atoms with E-state index in [-0.39, 0.29) is 29.7 Å². The van der Waals surface area contributed by atoms with Crippen molar-refractivity contribution in [1.29, 1.82) is 0 Å². The second-order valence-corrected chi connectivity index (χ2v) is 8.91. The predicted molar refractivity (Wildman–Crippen MR) is 116 cm³/mol. The summed E-state index contributed by atoms with van der Waals surface area (Å²) in [4.78, 5) is 28.8. The van der Waals surface area contributed by atoms with Crippen molar-refractivity contribution < 1.29 is 14.0 Å². The molecular weight excluding hydrogens is 407 g/mol. The molecule has 1 N–H and O–H groups in total. The molecule has 3 aromatic rings. The molecule has 4 nitrogen and oxygen atoms in total. The van der Waals surface area contributed by atoms with Crippen molar-refractivity contribution >= 4 is 40.5 Å². The highest BCUT2D eigenvalue weighted by Gasteiger charge is 2.12. The largest absolute Gasteiger partial charge is 0.326 e. The van der Waals surface area contributed by atoms with E-state index in [1.54, 1.807) is 0 Å². The van der Waals surface area contributed by atoms with E-state index >= 15 is 0 Å². The fourth-order valence-corrected chi connectivity index (χ4v) is 4.34. The molecule has 1 heterocycles. The van der Waals surface area contributed by atoms with Gasteiger partial charge < -0.3 is 5.32 Å². The molecule has 0 fully saturated rings. The quantitative estimate of drug-likeness (QED) is 0.377. The Labute approximate surface area is 177 Å². The Morgan fingerprint density at radius 2 is 1.79 bits per heavy atom. The van der Waals surface area contributed by atoms with Crippen LogP contribution >= 0.6 is 23.1 Å². The third-order valence-corrected chi connectivity index (χ3v) is 6.30. The maximum Gasteiger partial charge on any atom is 0.230 e. The van der Waals surface area contributed by atoms with Crippen LogP contribution in [0, 0.1) is 5.82 Å². The van der Waals surface area contributed by atoms with Crippen LogP contribution in [0.1, 0.15) is 41.4 Å². The minimum atomic E-state index is -0.368. The van der Waals surface area contributed by atoms with Gasteiger partial charge in [0, 0.05) is 16.6 Å². The summed E-state index contributed by atoms with van der Waals surface area (Å²) < 4.78 is 13.7. The van der Waals surface area contributed by atoms with E-state index in [4.69, 9.17) is 0 Å². The molecule has 0 aliphatic carbocycles. The SMILES string of the molecule is CC(C)c1ccc(NC(=O)Cc2csc(SCC(=O)c3ccc(F)cc3)n2)cc1. The lowest BCUT2D eigenvalue weighted by Crippen LogP contribution is -2.14. The topological polar surface area (TPSA) is 59.1 Å². The Bertz CT molecular complexity index is 983. The van der Waals surface area contributed by atoms with Gasteiger partial charge in [0.05, 0.1) is 17.9 Å². The molecule has 0 saturated heterocycles. The van der Waals surface area contributed by atoms with Crippen LogP contribution in [-0.4, -0.2) is 22.4 Å². The van der Waals surface area contributed by atoms with Gasteiger partial charge in [-0.3, -0.25) is 9.59 Å². The zero-order chi connectivity index (χ0) is 20.8. The zero-order valence-electron chi connectivity index (χ0n) is 16.1. The summed E-state index contributed by atoms with van der Waals surface area (Å²) >= 11 is 2.72. The van der Waals surface area contributed by atoms with Crippen molar-refractivity contribution in [2.24, 2.45) is 0 Å². The second kappa shape index (κ2) is 9.80. The van der Waals surface area contributed by atoms with Gasteiger partial charge in [0.15, 0.2) is 10.1 Å². The minimum absolute atomic E-state index is 0.0886. The number of nitrogens with zero attached hydrogens (tertiary/aromatic N) is 1. The number of ketones is 1. The molecule has 3 rings (SSSR count). The van der Waals surface area contributed by atoms with Gasteiger partial charge >= 0.3 is 0 Å². The molecule has 0 radical (unpaired) electrons. The first-order valence-corrected chi connectivity index (χ1v) is 11.0. The summed E-state index contributed by atoms with van der Waals surface area (Å²) in [5.41, 5.74) is 3.12. The third kappa shape index (κ3) is 6.24. The van der Waals surface area contributed by atoms with Crippen molar-refractivity contribution in [1.82, 2.24) is 4.98 Å². The third-order valence-electron chi connectivity index (χ3n) is 4.23. The Balaban J connectivity index is 1.49. The highest BCUT2D eigenvalue weighted by atomic mass is 32.2. The molecule has 0 unspecified atom stereocenters. The van der Waals surface area contributed by atoms with Crippen LogP contribution < -0.4 is 5.32 Å². The van der Waals surface area contributed by atoms with E-state index in [2.05, 4.69) is 24.1 Å². The highest BCUT2D eigenvalue weighted by Crippen LogP contribution is 2.24. The fraction of sp³-hybridized carbons (Fsp3) is 0.227. The Hall–Kier alpha value is -2.51. The van der Waals surface area contributed by atoms with E-state index in [0.717, 1.165) is 10.0 Å². The highest BCUT2D eigenvalue weighted by molar-refractivity contribution is 8.01. The number of thioether (sulfide) groups is 1. The van der Waals surface area contributed by atoms with Crippen molar-refractivity contribution in [3.8, 4) is 0 Å². The summed E-state index contributed by atoms with van der Waals surface area (Å²) in [5.74, 6) is 0.0712. The van der Waals surface area contributed by atoms with Gasteiger partial charge in [0.25, 0.3) is 0 Å². The molecule has 0 aliphatic rings. The number of rotatable bonds is 8. The summed E-state index contributed by atoms with van der Waals surface area (Å²) in [7, 11) is 0. The molecule has 0 saturated carbocycles. The predicted octanol–water partition coefficient (Wildman–Crippen LogP) is 5.56. The zero-order valence-corrected chi connectivity index (χ0v) is 17.8. The first kappa shape index (κ1) is 21.2. The van der Waals surface area contributed by atoms with Crippen molar-refractivity contribution in [2.45, 2.75) is 30.5 Å². The van der Waals surface area contributed by atoms with Crippen LogP contribution in [0.15, 0.2) is 58.3 Å². The summed E-state index contributed by atoms with van der Waals surface area (Å²) in [6.07, 6.45) is 0.175. The van der Waals surface area contributed by atoms with Crippen LogP contribution in [-0.2, 0) is 11.2 Å². The van der Waals surface area contributed by atoms with E-state index in [1.807, 2.05) is 29.6 Å². The molecule has 1 aromatic heterocycles. The molecule has 0 spiro atoms. The summed E-state index contributed by atoms with van der Waals surface area (Å²) in [5, 5.41) is 4.70. The number of carbonyl (C=O) groups excluding carboxylic acids is 2. The van der Waals surface area contributed by atoms with Gasteiger partial charge in [0.1, 0.15) is 5.82 Å². The van der Waals surface area contributed by atoms with E-state index < -0.39 is 0 Å². The first-order chi connectivity index (χ1) is 13.9. The molecule has 0 atom stereocenters. The van der Waals surface area contributed by atoms with E-state index in [0.29, 0.717) is 17.2 Å². The maximum absolute atomic E-state index is 12.9. The fourth-order valence-electron chi connectivity index (χ4n) is 2.60. The first-order valence-electron chi connectivity index (χ1n) is 9.16. The lowest BCUT2D eigenvalue weighted by molar-refractivity contribution is -0.115. The number of Topliss-reactive ketones (excluding diaryl/α,β-unsaturated/α-hetero) is 1. The molecule has 7 heteroatoms. The minimum Gasteiger partial charge on any atom is -0.326 e. The lowest BCUT2D eigenvalue weighted by atomic mass is 10.0. The molecule has 29 heavy (non-hydrogen) atoms. The van der Waals surface area contributed by atoms with Gasteiger partial charge in [-0.1, -0.05) is 37.7 Å². The summed E-state index contributed by atoms with van der Waals surface area (Å²) in [6.45, 7) is 4.25. The van der Waals surface area contributed by atoms with Gasteiger partial charge in [-0.05, 0) is 47.9 Å². The van der Waals surface area contributed by atoms with Crippen molar-refractivity contribution in [3.05, 3.63) is 76.5 Å². The van der Waals surface area contributed by atoms with Gasteiger partial charge in [-0.15, -0.1) is 11.3 Å². The molecule has 0 aliphatic heterocycles.